The van der Waals surface area contributed by atoms with Crippen LogP contribution in [0.3, 0.4) is 0 Å². The third kappa shape index (κ3) is 3.06. The predicted molar refractivity (Wildman–Crippen MR) is 49.8 cm³/mol. The van der Waals surface area contributed by atoms with Crippen LogP contribution in [0.25, 0.3) is 0 Å². The van der Waals surface area contributed by atoms with Gasteiger partial charge in [-0.3, -0.25) is 5.10 Å². The quantitative estimate of drug-likeness (QED) is 0.521. The molecule has 0 aliphatic carbocycles. The van der Waals surface area contributed by atoms with Gasteiger partial charge in [0.25, 0.3) is 0 Å². The highest BCUT2D eigenvalue weighted by molar-refractivity contribution is 5.87. The topological polar surface area (TPSA) is 90.2 Å². The Bertz CT molecular complexity index is 298. The molecule has 1 aromatic heterocycles. The Morgan fingerprint density at radius 3 is 3.00 bits per heavy atom. The fourth-order valence-corrected chi connectivity index (χ4v) is 0.888. The zero-order chi connectivity index (χ0) is 10.4. The molecule has 1 aromatic rings. The van der Waals surface area contributed by atoms with Gasteiger partial charge < -0.3 is 15.2 Å². The number of nitrogens with two attached hydrogens (primary N) is 1. The number of ether oxygens (including phenoxy) is 2. The van der Waals surface area contributed by atoms with Crippen molar-refractivity contribution in [1.29, 1.82) is 0 Å². The van der Waals surface area contributed by atoms with Crippen LogP contribution in [-0.2, 0) is 9.47 Å². The number of aromatic nitrogens is 2. The minimum absolute atomic E-state index is 0.264. The first-order valence-corrected chi connectivity index (χ1v) is 4.21. The molecule has 0 amide bonds. The number of carbonyl (C=O) groups excluding carboxylic acids is 1. The maximum Gasteiger partial charge on any atom is 0.356 e. The van der Waals surface area contributed by atoms with E-state index in [1.54, 1.807) is 7.11 Å². The van der Waals surface area contributed by atoms with Gasteiger partial charge in [-0.1, -0.05) is 0 Å². The zero-order valence-corrected chi connectivity index (χ0v) is 7.95. The first-order chi connectivity index (χ1) is 6.74. The highest BCUT2D eigenvalue weighted by Gasteiger charge is 2.09. The molecule has 0 aromatic carbocycles. The number of nitrogens with zero attached hydrogens (tertiary/aromatic N) is 1. The Labute approximate surface area is 81.4 Å². The number of methoxy groups -OCH3 is 1. The zero-order valence-electron chi connectivity index (χ0n) is 7.95. The summed E-state index contributed by atoms with van der Waals surface area (Å²) in [5.74, 6) is -0.181. The Kier molecular flexibility index (Phi) is 3.93. The lowest BCUT2D eigenvalue weighted by Gasteiger charge is -2.01. The minimum atomic E-state index is -0.453. The second-order valence-electron chi connectivity index (χ2n) is 2.69. The van der Waals surface area contributed by atoms with Crippen LogP contribution in [-0.4, -0.2) is 36.5 Å². The molecular weight excluding hydrogens is 186 g/mol. The van der Waals surface area contributed by atoms with E-state index in [-0.39, 0.29) is 11.5 Å². The van der Waals surface area contributed by atoms with Crippen LogP contribution in [0.4, 0.5) is 5.82 Å². The number of esters is 1. The van der Waals surface area contributed by atoms with Crippen molar-refractivity contribution in [3.8, 4) is 0 Å². The molecule has 0 unspecified atom stereocenters. The first-order valence-electron chi connectivity index (χ1n) is 4.21. The maximum absolute atomic E-state index is 11.2. The molecule has 0 aliphatic heterocycles. The molecule has 6 heteroatoms. The van der Waals surface area contributed by atoms with Gasteiger partial charge in [0.1, 0.15) is 11.5 Å². The monoisotopic (exact) mass is 199 g/mol. The van der Waals surface area contributed by atoms with Crippen LogP contribution in [0, 0.1) is 0 Å². The summed E-state index contributed by atoms with van der Waals surface area (Å²) in [5, 5.41) is 6.07. The predicted octanol–water partition coefficient (Wildman–Crippen LogP) is 0.185. The molecule has 78 valence electrons. The normalized spacial score (nSPS) is 10.1. The summed E-state index contributed by atoms with van der Waals surface area (Å²) in [6, 6.07) is 1.43. The Morgan fingerprint density at radius 1 is 1.64 bits per heavy atom. The molecular formula is C8H13N3O3. The van der Waals surface area contributed by atoms with E-state index < -0.39 is 5.97 Å². The van der Waals surface area contributed by atoms with E-state index in [1.165, 1.54) is 6.07 Å². The molecule has 0 atom stereocenters. The number of rotatable bonds is 5. The summed E-state index contributed by atoms with van der Waals surface area (Å²) in [5.41, 5.74) is 5.59. The van der Waals surface area contributed by atoms with Crippen molar-refractivity contribution in [1.82, 2.24) is 10.2 Å². The molecule has 14 heavy (non-hydrogen) atoms. The van der Waals surface area contributed by atoms with Gasteiger partial charge in [0.15, 0.2) is 0 Å². The van der Waals surface area contributed by atoms with Crippen molar-refractivity contribution in [2.45, 2.75) is 6.42 Å². The van der Waals surface area contributed by atoms with Crippen LogP contribution >= 0.6 is 0 Å². The molecule has 0 saturated heterocycles. The van der Waals surface area contributed by atoms with E-state index >= 15 is 0 Å². The van der Waals surface area contributed by atoms with Crippen molar-refractivity contribution in [3.05, 3.63) is 11.8 Å². The summed E-state index contributed by atoms with van der Waals surface area (Å²) >= 11 is 0. The Balaban J connectivity index is 2.29. The van der Waals surface area contributed by atoms with Gasteiger partial charge in [0.05, 0.1) is 6.61 Å². The van der Waals surface area contributed by atoms with Gasteiger partial charge in [-0.15, -0.1) is 0 Å². The fraction of sp³-hybridized carbons (Fsp3) is 0.500. The number of nitrogens with one attached hydrogen (secondary N) is 1. The van der Waals surface area contributed by atoms with Gasteiger partial charge in [0.2, 0.25) is 0 Å². The van der Waals surface area contributed by atoms with Gasteiger partial charge in [-0.2, -0.15) is 5.10 Å². The number of nitrogen functional groups attached to an aromatic ring is 1. The lowest BCUT2D eigenvalue weighted by atomic mass is 10.4. The fourth-order valence-electron chi connectivity index (χ4n) is 0.888. The van der Waals surface area contributed by atoms with Gasteiger partial charge >= 0.3 is 5.97 Å². The second kappa shape index (κ2) is 5.23. The van der Waals surface area contributed by atoms with Crippen LogP contribution in [0.5, 0.6) is 0 Å². The van der Waals surface area contributed by atoms with Gasteiger partial charge in [0, 0.05) is 26.2 Å². The van der Waals surface area contributed by atoms with Crippen molar-refractivity contribution in [2.24, 2.45) is 0 Å². The molecule has 0 fully saturated rings. The number of hydrogen-bond donors (Lipinski definition) is 2. The van der Waals surface area contributed by atoms with E-state index in [0.29, 0.717) is 19.6 Å². The van der Waals surface area contributed by atoms with Crippen LogP contribution in [0.15, 0.2) is 6.07 Å². The van der Waals surface area contributed by atoms with E-state index in [4.69, 9.17) is 15.2 Å². The Hall–Kier alpha value is -1.56. The van der Waals surface area contributed by atoms with Crippen molar-refractivity contribution in [2.75, 3.05) is 26.1 Å². The van der Waals surface area contributed by atoms with Crippen LogP contribution in [0.2, 0.25) is 0 Å². The molecule has 0 bridgehead atoms. The van der Waals surface area contributed by atoms with Crippen LogP contribution < -0.4 is 5.73 Å². The summed E-state index contributed by atoms with van der Waals surface area (Å²) in [6.07, 6.45) is 0.672. The third-order valence-corrected chi connectivity index (χ3v) is 1.54. The van der Waals surface area contributed by atoms with Gasteiger partial charge in [-0.05, 0) is 0 Å². The highest BCUT2D eigenvalue weighted by Crippen LogP contribution is 2.02. The van der Waals surface area contributed by atoms with E-state index in [0.717, 1.165) is 0 Å². The third-order valence-electron chi connectivity index (χ3n) is 1.54. The molecule has 1 heterocycles. The molecule has 0 aliphatic rings. The average Bonchev–Trinajstić information content (AvgIpc) is 2.59. The lowest BCUT2D eigenvalue weighted by Crippen LogP contribution is -2.08. The van der Waals surface area contributed by atoms with Crippen molar-refractivity contribution < 1.29 is 14.3 Å². The summed E-state index contributed by atoms with van der Waals surface area (Å²) in [7, 11) is 1.59. The number of carbonyl (C=O) groups is 1. The molecule has 0 radical (unpaired) electrons. The number of anilines is 1. The van der Waals surface area contributed by atoms with E-state index in [9.17, 15) is 4.79 Å². The number of hydrogen-bond acceptors (Lipinski definition) is 5. The summed E-state index contributed by atoms with van der Waals surface area (Å²) in [4.78, 5) is 11.2. The van der Waals surface area contributed by atoms with Crippen molar-refractivity contribution >= 4 is 11.8 Å². The van der Waals surface area contributed by atoms with Crippen LogP contribution in [0.1, 0.15) is 16.9 Å². The molecule has 1 rings (SSSR count). The van der Waals surface area contributed by atoms with E-state index in [1.807, 2.05) is 0 Å². The smallest absolute Gasteiger partial charge is 0.356 e. The second-order valence-corrected chi connectivity index (χ2v) is 2.69. The standard InChI is InChI=1S/C8H13N3O3/c1-13-3-2-4-14-8(12)6-5-7(9)11-10-6/h5H,2-4H2,1H3,(H3,9,10,11). The SMILES string of the molecule is COCCCOC(=O)c1cc(N)n[nH]1. The number of aromatic amines is 1. The highest BCUT2D eigenvalue weighted by atomic mass is 16.5. The van der Waals surface area contributed by atoms with E-state index in [2.05, 4.69) is 10.2 Å². The molecule has 0 spiro atoms. The maximum atomic E-state index is 11.2. The minimum Gasteiger partial charge on any atom is -0.461 e. The summed E-state index contributed by atoms with van der Waals surface area (Å²) < 4.78 is 9.70. The Morgan fingerprint density at radius 2 is 2.43 bits per heavy atom. The first kappa shape index (κ1) is 10.5. The summed E-state index contributed by atoms with van der Waals surface area (Å²) in [6.45, 7) is 0.893. The lowest BCUT2D eigenvalue weighted by molar-refractivity contribution is 0.0461. The van der Waals surface area contributed by atoms with Gasteiger partial charge in [-0.25, -0.2) is 4.79 Å². The molecule has 3 N–H and O–H groups in total. The molecule has 0 saturated carbocycles. The largest absolute Gasteiger partial charge is 0.461 e. The molecule has 6 nitrogen and oxygen atoms in total. The average molecular weight is 199 g/mol. The van der Waals surface area contributed by atoms with Crippen molar-refractivity contribution in [3.63, 3.8) is 0 Å². The number of H-pyrrole nitrogens is 1.